The molecule has 4 heteroatoms. The molecule has 1 aromatic carbocycles. The second-order valence-corrected chi connectivity index (χ2v) is 6.63. The van der Waals surface area contributed by atoms with Gasteiger partial charge in [-0.15, -0.1) is 0 Å². The summed E-state index contributed by atoms with van der Waals surface area (Å²) in [7, 11) is 0. The third-order valence-electron chi connectivity index (χ3n) is 5.02. The van der Waals surface area contributed by atoms with E-state index in [1.54, 1.807) is 0 Å². The second kappa shape index (κ2) is 6.26. The van der Waals surface area contributed by atoms with Crippen molar-refractivity contribution in [2.75, 3.05) is 19.8 Å². The van der Waals surface area contributed by atoms with E-state index in [4.69, 9.17) is 9.47 Å². The van der Waals surface area contributed by atoms with Gasteiger partial charge in [0.2, 0.25) is 0 Å². The minimum Gasteiger partial charge on any atom is -0.490 e. The number of fused-ring (bicyclic) bond motifs is 2. The lowest BCUT2D eigenvalue weighted by Gasteiger charge is -2.23. The van der Waals surface area contributed by atoms with Crippen LogP contribution in [0.25, 0.3) is 5.70 Å². The molecule has 1 aromatic rings. The molecule has 2 heterocycles. The Labute approximate surface area is 136 Å². The number of hydrogen-bond donors (Lipinski definition) is 1. The molecule has 1 fully saturated rings. The first-order valence-electron chi connectivity index (χ1n) is 8.73. The van der Waals surface area contributed by atoms with Crippen molar-refractivity contribution >= 4 is 11.5 Å². The monoisotopic (exact) mass is 313 g/mol. The van der Waals surface area contributed by atoms with Crippen molar-refractivity contribution in [1.29, 1.82) is 0 Å². The maximum Gasteiger partial charge on any atom is 0.161 e. The zero-order valence-corrected chi connectivity index (χ0v) is 13.4. The van der Waals surface area contributed by atoms with E-state index in [1.807, 2.05) is 12.1 Å². The minimum atomic E-state index is 0.218. The van der Waals surface area contributed by atoms with Crippen LogP contribution in [-0.2, 0) is 11.2 Å². The second-order valence-electron chi connectivity index (χ2n) is 6.63. The largest absolute Gasteiger partial charge is 0.490 e. The van der Waals surface area contributed by atoms with Crippen molar-refractivity contribution in [3.05, 3.63) is 29.3 Å². The number of benzene rings is 1. The molecule has 1 N–H and O–H groups in total. The molecule has 2 aliphatic heterocycles. The van der Waals surface area contributed by atoms with Gasteiger partial charge in [0.05, 0.1) is 13.2 Å². The van der Waals surface area contributed by atoms with Crippen molar-refractivity contribution < 1.29 is 14.3 Å². The van der Waals surface area contributed by atoms with Crippen LogP contribution in [0.5, 0.6) is 11.5 Å². The minimum absolute atomic E-state index is 0.218. The first-order chi connectivity index (χ1) is 11.3. The molecule has 0 aromatic heterocycles. The Balaban J connectivity index is 1.67. The van der Waals surface area contributed by atoms with Gasteiger partial charge in [-0.05, 0) is 37.0 Å². The fourth-order valence-electron chi connectivity index (χ4n) is 3.73. The normalized spacial score (nSPS) is 22.3. The molecule has 122 valence electrons. The molecule has 0 saturated heterocycles. The van der Waals surface area contributed by atoms with Crippen molar-refractivity contribution in [3.8, 4) is 11.5 Å². The molecule has 0 unspecified atom stereocenters. The molecule has 0 radical (unpaired) electrons. The summed E-state index contributed by atoms with van der Waals surface area (Å²) in [6.45, 7) is 2.24. The molecule has 1 aliphatic carbocycles. The van der Waals surface area contributed by atoms with Crippen molar-refractivity contribution in [3.63, 3.8) is 0 Å². The number of allylic oxidation sites excluding steroid dienone is 1. The van der Waals surface area contributed by atoms with Gasteiger partial charge in [0.1, 0.15) is 0 Å². The van der Waals surface area contributed by atoms with Gasteiger partial charge in [-0.2, -0.15) is 0 Å². The molecule has 23 heavy (non-hydrogen) atoms. The van der Waals surface area contributed by atoms with E-state index in [2.05, 4.69) is 11.4 Å². The highest BCUT2D eigenvalue weighted by molar-refractivity contribution is 5.98. The van der Waals surface area contributed by atoms with Crippen LogP contribution in [0, 0.1) is 5.92 Å². The van der Waals surface area contributed by atoms with Gasteiger partial charge in [0.25, 0.3) is 0 Å². The Morgan fingerprint density at radius 1 is 1.09 bits per heavy atom. The summed E-state index contributed by atoms with van der Waals surface area (Å²) in [5, 5.41) is 3.40. The molecule has 3 aliphatic rings. The third kappa shape index (κ3) is 2.94. The summed E-state index contributed by atoms with van der Waals surface area (Å²) in [4.78, 5) is 12.5. The zero-order chi connectivity index (χ0) is 15.6. The van der Waals surface area contributed by atoms with Crippen LogP contribution in [0.1, 0.15) is 43.2 Å². The van der Waals surface area contributed by atoms with Crippen LogP contribution in [0.2, 0.25) is 0 Å². The van der Waals surface area contributed by atoms with Crippen LogP contribution in [0.4, 0.5) is 0 Å². The van der Waals surface area contributed by atoms with E-state index in [9.17, 15) is 4.79 Å². The van der Waals surface area contributed by atoms with E-state index >= 15 is 0 Å². The van der Waals surface area contributed by atoms with Gasteiger partial charge in [0, 0.05) is 36.2 Å². The van der Waals surface area contributed by atoms with Crippen molar-refractivity contribution in [2.45, 2.75) is 38.5 Å². The molecule has 4 nitrogen and oxygen atoms in total. The summed E-state index contributed by atoms with van der Waals surface area (Å²) in [5.74, 6) is 2.12. The SMILES string of the molecule is O=C(C=C1NCCc2cc3c(cc21)OCCCO3)C1CCCC1. The van der Waals surface area contributed by atoms with E-state index in [0.717, 1.165) is 55.0 Å². The van der Waals surface area contributed by atoms with E-state index in [0.29, 0.717) is 13.2 Å². The number of ketones is 1. The Morgan fingerprint density at radius 3 is 2.61 bits per heavy atom. The highest BCUT2D eigenvalue weighted by Crippen LogP contribution is 2.37. The van der Waals surface area contributed by atoms with Crippen molar-refractivity contribution in [1.82, 2.24) is 5.32 Å². The molecule has 0 atom stereocenters. The van der Waals surface area contributed by atoms with Crippen LogP contribution >= 0.6 is 0 Å². The van der Waals surface area contributed by atoms with Crippen LogP contribution in [-0.4, -0.2) is 25.5 Å². The van der Waals surface area contributed by atoms with Gasteiger partial charge in [-0.25, -0.2) is 0 Å². The number of carbonyl (C=O) groups excluding carboxylic acids is 1. The first-order valence-corrected chi connectivity index (χ1v) is 8.73. The summed E-state index contributed by atoms with van der Waals surface area (Å²) in [5.41, 5.74) is 3.27. The van der Waals surface area contributed by atoms with Gasteiger partial charge < -0.3 is 14.8 Å². The molecular formula is C19H23NO3. The lowest BCUT2D eigenvalue weighted by molar-refractivity contribution is -0.117. The molecule has 1 saturated carbocycles. The number of nitrogens with one attached hydrogen (secondary N) is 1. The quantitative estimate of drug-likeness (QED) is 0.852. The lowest BCUT2D eigenvalue weighted by atomic mass is 9.94. The number of hydrogen-bond acceptors (Lipinski definition) is 4. The number of rotatable bonds is 2. The highest BCUT2D eigenvalue weighted by atomic mass is 16.5. The summed E-state index contributed by atoms with van der Waals surface area (Å²) >= 11 is 0. The average Bonchev–Trinajstić information content (AvgIpc) is 3.00. The fourth-order valence-corrected chi connectivity index (χ4v) is 3.73. The first kappa shape index (κ1) is 14.6. The molecule has 0 amide bonds. The smallest absolute Gasteiger partial charge is 0.161 e. The average molecular weight is 313 g/mol. The summed E-state index contributed by atoms with van der Waals surface area (Å²) < 4.78 is 11.6. The van der Waals surface area contributed by atoms with Gasteiger partial charge in [-0.3, -0.25) is 4.79 Å². The number of carbonyl (C=O) groups is 1. The fraction of sp³-hybridized carbons (Fsp3) is 0.526. The van der Waals surface area contributed by atoms with Crippen molar-refractivity contribution in [2.24, 2.45) is 5.92 Å². The highest BCUT2D eigenvalue weighted by Gasteiger charge is 2.24. The zero-order valence-electron chi connectivity index (χ0n) is 13.4. The Bertz CT molecular complexity index is 644. The Morgan fingerprint density at radius 2 is 1.83 bits per heavy atom. The molecule has 0 bridgehead atoms. The maximum absolute atomic E-state index is 12.5. The molecular weight excluding hydrogens is 290 g/mol. The maximum atomic E-state index is 12.5. The molecule has 4 rings (SSSR count). The molecule has 0 spiro atoms. The Kier molecular flexibility index (Phi) is 3.98. The lowest BCUT2D eigenvalue weighted by Crippen LogP contribution is -2.24. The van der Waals surface area contributed by atoms with Gasteiger partial charge in [0.15, 0.2) is 17.3 Å². The third-order valence-corrected chi connectivity index (χ3v) is 5.02. The predicted octanol–water partition coefficient (Wildman–Crippen LogP) is 3.09. The predicted molar refractivity (Wildman–Crippen MR) is 88.7 cm³/mol. The van der Waals surface area contributed by atoms with Gasteiger partial charge in [-0.1, -0.05) is 12.8 Å². The van der Waals surface area contributed by atoms with Gasteiger partial charge >= 0.3 is 0 Å². The van der Waals surface area contributed by atoms with E-state index < -0.39 is 0 Å². The summed E-state index contributed by atoms with van der Waals surface area (Å²) in [6.07, 6.45) is 8.11. The van der Waals surface area contributed by atoms with Crippen LogP contribution in [0.15, 0.2) is 18.2 Å². The van der Waals surface area contributed by atoms with Crippen LogP contribution in [0.3, 0.4) is 0 Å². The standard InChI is InChI=1S/C19H23NO3/c21-17(13-4-1-2-5-13)12-16-15-11-19-18(22-8-3-9-23-19)10-14(15)6-7-20-16/h10-13,20H,1-9H2. The number of ether oxygens (including phenoxy) is 2. The Hall–Kier alpha value is -1.97. The van der Waals surface area contributed by atoms with E-state index in [-0.39, 0.29) is 11.7 Å². The summed E-state index contributed by atoms with van der Waals surface area (Å²) in [6, 6.07) is 4.13. The van der Waals surface area contributed by atoms with E-state index in [1.165, 1.54) is 18.4 Å². The van der Waals surface area contributed by atoms with Crippen LogP contribution < -0.4 is 14.8 Å². The topological polar surface area (TPSA) is 47.6 Å².